The van der Waals surface area contributed by atoms with E-state index in [4.69, 9.17) is 4.74 Å². The van der Waals surface area contributed by atoms with E-state index in [-0.39, 0.29) is 24.2 Å². The molecule has 1 spiro atoms. The van der Waals surface area contributed by atoms with E-state index in [1.165, 1.54) is 12.2 Å². The normalized spacial score (nSPS) is 21.1. The fraction of sp³-hybridized carbons (Fsp3) is 0.182. The molecule has 1 amide bonds. The third-order valence-corrected chi connectivity index (χ3v) is 5.29. The zero-order chi connectivity index (χ0) is 18.9. The van der Waals surface area contributed by atoms with E-state index in [1.807, 2.05) is 54.6 Å². The first-order valence-electron chi connectivity index (χ1n) is 8.77. The van der Waals surface area contributed by atoms with Crippen molar-refractivity contribution in [2.75, 3.05) is 11.5 Å². The van der Waals surface area contributed by atoms with Crippen molar-refractivity contribution in [3.05, 3.63) is 88.9 Å². The summed E-state index contributed by atoms with van der Waals surface area (Å²) in [5.74, 6) is -0.429. The number of rotatable bonds is 3. The Balaban J connectivity index is 1.69. The number of allylic oxidation sites excluding steroid dienone is 2. The molecule has 1 unspecified atom stereocenters. The second kappa shape index (κ2) is 7.25. The molecule has 1 aliphatic heterocycles. The van der Waals surface area contributed by atoms with E-state index in [1.54, 1.807) is 17.1 Å². The summed E-state index contributed by atoms with van der Waals surface area (Å²) in [5, 5.41) is 0. The highest BCUT2D eigenvalue weighted by molar-refractivity contribution is 9.10. The molecular formula is C22H18BrNO3. The highest BCUT2D eigenvalue weighted by Crippen LogP contribution is 2.36. The van der Waals surface area contributed by atoms with Crippen LogP contribution in [0.15, 0.2) is 83.4 Å². The molecular weight excluding hydrogens is 406 g/mol. The minimum absolute atomic E-state index is 0.0175. The largest absolute Gasteiger partial charge is 0.347 e. The minimum Gasteiger partial charge on any atom is -0.347 e. The maximum absolute atomic E-state index is 13.5. The average molecular weight is 424 g/mol. The van der Waals surface area contributed by atoms with Crippen LogP contribution in [-0.2, 0) is 20.7 Å². The maximum atomic E-state index is 13.5. The lowest BCUT2D eigenvalue weighted by molar-refractivity contribution is -0.138. The fourth-order valence-electron chi connectivity index (χ4n) is 3.48. The van der Waals surface area contributed by atoms with Gasteiger partial charge in [-0.25, -0.2) is 0 Å². The number of carbonyl (C=O) groups is 2. The number of ether oxygens (including phenoxy) is 1. The zero-order valence-corrected chi connectivity index (χ0v) is 16.1. The molecule has 4 nitrogen and oxygen atoms in total. The van der Waals surface area contributed by atoms with Gasteiger partial charge in [0.2, 0.25) is 5.91 Å². The van der Waals surface area contributed by atoms with Crippen molar-refractivity contribution in [1.29, 1.82) is 0 Å². The van der Waals surface area contributed by atoms with Gasteiger partial charge < -0.3 is 4.74 Å². The van der Waals surface area contributed by atoms with Crippen LogP contribution < -0.4 is 4.90 Å². The van der Waals surface area contributed by atoms with Crippen molar-refractivity contribution in [3.8, 4) is 0 Å². The molecule has 0 N–H and O–H groups in total. The molecule has 0 saturated carbocycles. The number of amides is 1. The van der Waals surface area contributed by atoms with Gasteiger partial charge in [0.05, 0.1) is 12.5 Å². The molecule has 0 bridgehead atoms. The van der Waals surface area contributed by atoms with Crippen molar-refractivity contribution in [2.24, 2.45) is 5.92 Å². The molecule has 4 rings (SSSR count). The Labute approximate surface area is 166 Å². The highest BCUT2D eigenvalue weighted by Gasteiger charge is 2.46. The number of carbonyl (C=O) groups excluding carboxylic acids is 2. The smallest absolute Gasteiger partial charge is 0.235 e. The zero-order valence-electron chi connectivity index (χ0n) is 14.5. The van der Waals surface area contributed by atoms with Crippen LogP contribution >= 0.6 is 15.9 Å². The Kier molecular flexibility index (Phi) is 4.81. The number of hydrogen-bond donors (Lipinski definition) is 0. The number of anilines is 1. The van der Waals surface area contributed by atoms with Crippen LogP contribution in [-0.4, -0.2) is 24.0 Å². The molecule has 5 heteroatoms. The predicted octanol–water partition coefficient (Wildman–Crippen LogP) is 4.06. The van der Waals surface area contributed by atoms with E-state index < -0.39 is 5.72 Å². The van der Waals surface area contributed by atoms with Gasteiger partial charge in [-0.1, -0.05) is 46.3 Å². The molecule has 136 valence electrons. The number of benzene rings is 2. The molecule has 27 heavy (non-hydrogen) atoms. The lowest BCUT2D eigenvalue weighted by Crippen LogP contribution is -2.60. The Morgan fingerprint density at radius 3 is 2.48 bits per heavy atom. The number of hydrogen-bond acceptors (Lipinski definition) is 3. The number of halogens is 1. The van der Waals surface area contributed by atoms with Gasteiger partial charge in [-0.3, -0.25) is 14.5 Å². The summed E-state index contributed by atoms with van der Waals surface area (Å²) in [6, 6.07) is 17.4. The van der Waals surface area contributed by atoms with Crippen molar-refractivity contribution < 1.29 is 14.3 Å². The molecule has 0 aromatic heterocycles. The van der Waals surface area contributed by atoms with Gasteiger partial charge in [-0.2, -0.15) is 0 Å². The second-order valence-electron chi connectivity index (χ2n) is 6.67. The lowest BCUT2D eigenvalue weighted by atomic mass is 9.92. The summed E-state index contributed by atoms with van der Waals surface area (Å²) in [7, 11) is 0. The first kappa shape index (κ1) is 17.9. The summed E-state index contributed by atoms with van der Waals surface area (Å²) < 4.78 is 7.16. The molecule has 2 aromatic rings. The van der Waals surface area contributed by atoms with Crippen molar-refractivity contribution >= 4 is 33.3 Å². The predicted molar refractivity (Wildman–Crippen MR) is 107 cm³/mol. The van der Waals surface area contributed by atoms with E-state index in [2.05, 4.69) is 15.9 Å². The van der Waals surface area contributed by atoms with E-state index in [9.17, 15) is 9.59 Å². The van der Waals surface area contributed by atoms with Crippen molar-refractivity contribution in [2.45, 2.75) is 12.1 Å². The summed E-state index contributed by atoms with van der Waals surface area (Å²) >= 11 is 3.48. The number of nitrogens with zero attached hydrogens (tertiary/aromatic N) is 1. The maximum Gasteiger partial charge on any atom is 0.235 e. The third kappa shape index (κ3) is 3.53. The summed E-state index contributed by atoms with van der Waals surface area (Å²) in [4.78, 5) is 26.7. The van der Waals surface area contributed by atoms with E-state index in [0.717, 1.165) is 15.7 Å². The second-order valence-corrected chi connectivity index (χ2v) is 7.59. The minimum atomic E-state index is -1.06. The van der Waals surface area contributed by atoms with Crippen LogP contribution in [0.3, 0.4) is 0 Å². The van der Waals surface area contributed by atoms with Crippen LogP contribution in [0.1, 0.15) is 5.56 Å². The summed E-state index contributed by atoms with van der Waals surface area (Å²) in [6.45, 7) is 0.289. The Bertz CT molecular complexity index is 920. The molecule has 1 fully saturated rings. The van der Waals surface area contributed by atoms with Crippen LogP contribution in [0.25, 0.3) is 0 Å². The van der Waals surface area contributed by atoms with Gasteiger partial charge in [-0.15, -0.1) is 0 Å². The third-order valence-electron chi connectivity index (χ3n) is 4.79. The van der Waals surface area contributed by atoms with Gasteiger partial charge in [0.25, 0.3) is 0 Å². The highest BCUT2D eigenvalue weighted by atomic mass is 79.9. The van der Waals surface area contributed by atoms with Crippen LogP contribution in [0.4, 0.5) is 5.69 Å². The SMILES string of the molecule is O=C1C=CC2(C=C1)OCC(Cc1cccc(Br)c1)C(=O)N2c1ccccc1. The molecule has 1 saturated heterocycles. The van der Waals surface area contributed by atoms with Crippen LogP contribution in [0.2, 0.25) is 0 Å². The molecule has 1 heterocycles. The Morgan fingerprint density at radius 2 is 1.78 bits per heavy atom. The summed E-state index contributed by atoms with van der Waals surface area (Å²) in [6.07, 6.45) is 6.82. The molecule has 2 aliphatic rings. The standard InChI is InChI=1S/C22H18BrNO3/c23-18-6-4-5-16(14-18)13-17-15-27-22(11-9-20(25)10-12-22)24(21(17)26)19-7-2-1-3-8-19/h1-12,14,17H,13,15H2. The van der Waals surface area contributed by atoms with Crippen molar-refractivity contribution in [1.82, 2.24) is 0 Å². The van der Waals surface area contributed by atoms with Gasteiger partial charge in [-0.05, 0) is 60.6 Å². The lowest BCUT2D eigenvalue weighted by Gasteiger charge is -2.46. The van der Waals surface area contributed by atoms with Crippen molar-refractivity contribution in [3.63, 3.8) is 0 Å². The van der Waals surface area contributed by atoms with Gasteiger partial charge in [0.15, 0.2) is 11.5 Å². The first-order chi connectivity index (χ1) is 13.1. The average Bonchev–Trinajstić information content (AvgIpc) is 2.68. The quantitative estimate of drug-likeness (QED) is 0.747. The molecule has 1 atom stereocenters. The van der Waals surface area contributed by atoms with Gasteiger partial charge in [0, 0.05) is 10.2 Å². The van der Waals surface area contributed by atoms with E-state index in [0.29, 0.717) is 6.42 Å². The summed E-state index contributed by atoms with van der Waals surface area (Å²) in [5.41, 5.74) is 0.755. The van der Waals surface area contributed by atoms with E-state index >= 15 is 0 Å². The van der Waals surface area contributed by atoms with Gasteiger partial charge in [0.1, 0.15) is 0 Å². The number of para-hydroxylation sites is 1. The first-order valence-corrected chi connectivity index (χ1v) is 9.57. The number of ketones is 1. The van der Waals surface area contributed by atoms with Gasteiger partial charge >= 0.3 is 0 Å². The fourth-order valence-corrected chi connectivity index (χ4v) is 3.93. The molecule has 0 radical (unpaired) electrons. The van der Waals surface area contributed by atoms with Crippen LogP contribution in [0.5, 0.6) is 0 Å². The Morgan fingerprint density at radius 1 is 1.04 bits per heavy atom. The van der Waals surface area contributed by atoms with Crippen LogP contribution in [0, 0.1) is 5.92 Å². The Hall–Kier alpha value is -2.50. The monoisotopic (exact) mass is 423 g/mol. The molecule has 2 aromatic carbocycles. The molecule has 1 aliphatic carbocycles. The topological polar surface area (TPSA) is 46.6 Å².